The lowest BCUT2D eigenvalue weighted by molar-refractivity contribution is -0.401. The summed E-state index contributed by atoms with van der Waals surface area (Å²) in [6, 6.07) is 8.64. The molecule has 0 atom stereocenters. The van der Waals surface area contributed by atoms with Crippen LogP contribution < -0.4 is 17.3 Å². The molecule has 2 aromatic rings. The molecule has 1 aromatic heterocycles. The normalized spacial score (nSPS) is 15.7. The van der Waals surface area contributed by atoms with Crippen LogP contribution in [0.2, 0.25) is 0 Å². The quantitative estimate of drug-likeness (QED) is 0.769. The fourth-order valence-electron chi connectivity index (χ4n) is 3.02. The van der Waals surface area contributed by atoms with Crippen LogP contribution in [0.5, 0.6) is 0 Å². The summed E-state index contributed by atoms with van der Waals surface area (Å²) < 4.78 is 2.29. The summed E-state index contributed by atoms with van der Waals surface area (Å²) in [7, 11) is 6.18. The van der Waals surface area contributed by atoms with Crippen molar-refractivity contribution in [3.63, 3.8) is 0 Å². The van der Waals surface area contributed by atoms with Crippen LogP contribution in [-0.4, -0.2) is 36.4 Å². The molecule has 0 saturated heterocycles. The Balaban J connectivity index is 0.00000192. The van der Waals surface area contributed by atoms with E-state index >= 15 is 0 Å². The molecule has 1 aliphatic heterocycles. The molecule has 0 unspecified atom stereocenters. The monoisotopic (exact) mass is 347 g/mol. The average molecular weight is 348 g/mol. The predicted octanol–water partition coefficient (Wildman–Crippen LogP) is 0.932. The van der Waals surface area contributed by atoms with E-state index in [0.717, 1.165) is 5.13 Å². The van der Waals surface area contributed by atoms with E-state index in [1.807, 2.05) is 25.2 Å². The maximum absolute atomic E-state index is 4.43. The van der Waals surface area contributed by atoms with Crippen LogP contribution in [-0.2, 0) is 5.41 Å². The van der Waals surface area contributed by atoms with Gasteiger partial charge in [-0.3, -0.25) is 0 Å². The molecule has 0 fully saturated rings. The fourth-order valence-corrected chi connectivity index (χ4v) is 3.76. The summed E-state index contributed by atoms with van der Waals surface area (Å²) in [5.41, 5.74) is 4.02. The average Bonchev–Trinajstić information content (AvgIpc) is 3.02. The molecule has 0 aliphatic carbocycles. The van der Waals surface area contributed by atoms with Crippen molar-refractivity contribution in [2.75, 3.05) is 26.0 Å². The number of aromatic nitrogens is 1. The number of benzene rings is 1. The molecule has 3 nitrogen and oxygen atoms in total. The first-order valence-electron chi connectivity index (χ1n) is 7.43. The molecule has 0 bridgehead atoms. The molecule has 122 valence electrons. The van der Waals surface area contributed by atoms with Crippen molar-refractivity contribution >= 4 is 33.9 Å². The van der Waals surface area contributed by atoms with Crippen LogP contribution in [0.15, 0.2) is 36.5 Å². The van der Waals surface area contributed by atoms with Gasteiger partial charge in [0.05, 0.1) is 5.41 Å². The molecule has 0 amide bonds. The van der Waals surface area contributed by atoms with Crippen LogP contribution in [0.4, 0.5) is 10.8 Å². The number of para-hydroxylation sites is 1. The lowest BCUT2D eigenvalue weighted by Gasteiger charge is -2.15. The molecule has 1 aliphatic rings. The second-order valence-corrected chi connectivity index (χ2v) is 7.40. The molecule has 5 heteroatoms. The van der Waals surface area contributed by atoms with Crippen molar-refractivity contribution in [1.29, 1.82) is 0 Å². The number of thiazole rings is 1. The Morgan fingerprint density at radius 3 is 2.48 bits per heavy atom. The molecule has 0 saturated carbocycles. The first-order valence-corrected chi connectivity index (χ1v) is 8.25. The minimum atomic E-state index is 0. The van der Waals surface area contributed by atoms with Gasteiger partial charge in [0.2, 0.25) is 5.69 Å². The Hall–Kier alpha value is -1.65. The van der Waals surface area contributed by atoms with Gasteiger partial charge in [-0.05, 0) is 19.9 Å². The molecule has 0 radical (unpaired) electrons. The van der Waals surface area contributed by atoms with Crippen molar-refractivity contribution in [2.24, 2.45) is 0 Å². The van der Waals surface area contributed by atoms with E-state index in [1.165, 1.54) is 21.8 Å². The third kappa shape index (κ3) is 3.06. The highest BCUT2D eigenvalue weighted by Gasteiger charge is 2.42. The molecule has 3 rings (SSSR count). The van der Waals surface area contributed by atoms with Gasteiger partial charge in [-0.1, -0.05) is 29.5 Å². The van der Waals surface area contributed by atoms with Gasteiger partial charge in [0, 0.05) is 42.9 Å². The summed E-state index contributed by atoms with van der Waals surface area (Å²) in [5.74, 6) is 0. The molecular formula is C18H22ClN3S. The van der Waals surface area contributed by atoms with Crippen molar-refractivity contribution in [1.82, 2.24) is 4.98 Å². The predicted molar refractivity (Wildman–Crippen MR) is 95.8 cm³/mol. The largest absolute Gasteiger partial charge is 1.00 e. The summed E-state index contributed by atoms with van der Waals surface area (Å²) in [5, 5.41) is 1.03. The highest BCUT2D eigenvalue weighted by molar-refractivity contribution is 7.16. The van der Waals surface area contributed by atoms with Gasteiger partial charge >= 0.3 is 0 Å². The maximum atomic E-state index is 4.43. The third-order valence-electron chi connectivity index (χ3n) is 4.24. The molecular weight excluding hydrogens is 326 g/mol. The van der Waals surface area contributed by atoms with Crippen LogP contribution >= 0.6 is 11.3 Å². The number of allylic oxidation sites excluding steroid dienone is 1. The molecule has 0 N–H and O–H groups in total. The van der Waals surface area contributed by atoms with Crippen LogP contribution in [0.25, 0.3) is 6.08 Å². The van der Waals surface area contributed by atoms with Gasteiger partial charge in [0.1, 0.15) is 7.05 Å². The van der Waals surface area contributed by atoms with E-state index in [0.29, 0.717) is 0 Å². The first-order chi connectivity index (χ1) is 10.4. The number of rotatable bonds is 3. The Labute approximate surface area is 148 Å². The lowest BCUT2D eigenvalue weighted by atomic mass is 9.81. The van der Waals surface area contributed by atoms with Crippen molar-refractivity contribution in [2.45, 2.75) is 19.3 Å². The number of hydrogen-bond donors (Lipinski definition) is 0. The van der Waals surface area contributed by atoms with Crippen LogP contribution in [0, 0.1) is 0 Å². The number of nitrogens with zero attached hydrogens (tertiary/aromatic N) is 3. The maximum Gasteiger partial charge on any atom is 0.209 e. The summed E-state index contributed by atoms with van der Waals surface area (Å²) in [4.78, 5) is 7.64. The Morgan fingerprint density at radius 2 is 1.87 bits per heavy atom. The smallest absolute Gasteiger partial charge is 0.209 e. The SMILES string of the molecule is CN(C)c1ncc(C=CC2=[N+](C)c3ccccc3C2(C)C)s1.[Cl-]. The second-order valence-electron chi connectivity index (χ2n) is 6.36. The van der Waals surface area contributed by atoms with Gasteiger partial charge in [-0.2, -0.15) is 4.58 Å². The zero-order chi connectivity index (χ0) is 15.9. The lowest BCUT2D eigenvalue weighted by Crippen LogP contribution is -3.00. The Bertz CT molecular complexity index is 772. The summed E-state index contributed by atoms with van der Waals surface area (Å²) in [6.45, 7) is 4.57. The van der Waals surface area contributed by atoms with Gasteiger partial charge in [0.25, 0.3) is 0 Å². The Morgan fingerprint density at radius 1 is 1.17 bits per heavy atom. The number of fused-ring (bicyclic) bond motifs is 1. The van der Waals surface area contributed by atoms with Gasteiger partial charge < -0.3 is 17.3 Å². The first kappa shape index (κ1) is 17.7. The number of anilines is 1. The molecule has 1 aromatic carbocycles. The highest BCUT2D eigenvalue weighted by atomic mass is 35.5. The van der Waals surface area contributed by atoms with Gasteiger partial charge in [-0.25, -0.2) is 4.98 Å². The minimum absolute atomic E-state index is 0. The van der Waals surface area contributed by atoms with Gasteiger partial charge in [-0.15, -0.1) is 0 Å². The van der Waals surface area contributed by atoms with Crippen LogP contribution in [0.1, 0.15) is 24.3 Å². The molecule has 0 spiro atoms. The van der Waals surface area contributed by atoms with Crippen LogP contribution in [0.3, 0.4) is 0 Å². The topological polar surface area (TPSA) is 19.1 Å². The second kappa shape index (κ2) is 6.46. The van der Waals surface area contributed by atoms with Crippen molar-refractivity contribution < 1.29 is 17.0 Å². The van der Waals surface area contributed by atoms with E-state index in [1.54, 1.807) is 11.3 Å². The van der Waals surface area contributed by atoms with Crippen molar-refractivity contribution in [3.8, 4) is 0 Å². The zero-order valence-electron chi connectivity index (χ0n) is 14.2. The summed E-state index contributed by atoms with van der Waals surface area (Å²) in [6.07, 6.45) is 6.34. The minimum Gasteiger partial charge on any atom is -1.00 e. The fraction of sp³-hybridized carbons (Fsp3) is 0.333. The highest BCUT2D eigenvalue weighted by Crippen LogP contribution is 2.39. The molecule has 2 heterocycles. The number of hydrogen-bond acceptors (Lipinski definition) is 3. The van der Waals surface area contributed by atoms with Gasteiger partial charge in [0.15, 0.2) is 10.8 Å². The molecule has 23 heavy (non-hydrogen) atoms. The van der Waals surface area contributed by atoms with E-state index in [2.05, 4.69) is 66.9 Å². The van der Waals surface area contributed by atoms with E-state index < -0.39 is 0 Å². The van der Waals surface area contributed by atoms with Crippen molar-refractivity contribution in [3.05, 3.63) is 47.0 Å². The number of halogens is 1. The zero-order valence-corrected chi connectivity index (χ0v) is 15.7. The standard InChI is InChI=1S/C18H22N3S.ClH/c1-18(2)14-8-6-7-9-15(14)21(5)16(18)11-10-13-12-19-17(22-13)20(3)4;/h6-12H,1-5H3;1H/q+1;/p-1. The van der Waals surface area contributed by atoms with E-state index in [4.69, 9.17) is 0 Å². The Kier molecular flexibility index (Phi) is 4.97. The third-order valence-corrected chi connectivity index (χ3v) is 5.37. The van der Waals surface area contributed by atoms with E-state index in [-0.39, 0.29) is 17.8 Å². The summed E-state index contributed by atoms with van der Waals surface area (Å²) >= 11 is 1.71. The van der Waals surface area contributed by atoms with E-state index in [9.17, 15) is 0 Å².